The second-order valence-corrected chi connectivity index (χ2v) is 3.07. The average Bonchev–Trinajstić information content (AvgIpc) is 2.62. The summed E-state index contributed by atoms with van der Waals surface area (Å²) in [6.45, 7) is 4.09. The van der Waals surface area contributed by atoms with Gasteiger partial charge in [-0.1, -0.05) is 5.16 Å². The van der Waals surface area contributed by atoms with Crippen molar-refractivity contribution in [3.63, 3.8) is 0 Å². The van der Waals surface area contributed by atoms with Gasteiger partial charge in [0, 0.05) is 13.1 Å². The van der Waals surface area contributed by atoms with E-state index in [1.54, 1.807) is 19.2 Å². The summed E-state index contributed by atoms with van der Waals surface area (Å²) in [5.41, 5.74) is 0. The van der Waals surface area contributed by atoms with Crippen molar-refractivity contribution in [1.82, 2.24) is 20.1 Å². The Bertz CT molecular complexity index is 453. The van der Waals surface area contributed by atoms with Crippen LogP contribution in [0.2, 0.25) is 0 Å². The van der Waals surface area contributed by atoms with E-state index in [-0.39, 0.29) is 0 Å². The highest BCUT2D eigenvalue weighted by atomic mass is 16.5. The normalized spacial score (nSPS) is 10.3. The SMILES string of the molecule is Cc1nccc(NCc2noc(C)n2)n1. The lowest BCUT2D eigenvalue weighted by atomic mass is 10.5. The highest BCUT2D eigenvalue weighted by Crippen LogP contribution is 2.03. The van der Waals surface area contributed by atoms with Crippen molar-refractivity contribution < 1.29 is 4.52 Å². The molecule has 0 aromatic carbocycles. The lowest BCUT2D eigenvalue weighted by Gasteiger charge is -2.01. The molecule has 2 heterocycles. The molecule has 0 bridgehead atoms. The molecule has 6 heteroatoms. The van der Waals surface area contributed by atoms with E-state index in [1.165, 1.54) is 0 Å². The highest BCUT2D eigenvalue weighted by Gasteiger charge is 2.02. The number of aryl methyl sites for hydroxylation is 2. The first-order chi connectivity index (χ1) is 7.24. The molecule has 2 aromatic rings. The lowest BCUT2D eigenvalue weighted by molar-refractivity contribution is 0.388. The quantitative estimate of drug-likeness (QED) is 0.808. The van der Waals surface area contributed by atoms with E-state index >= 15 is 0 Å². The van der Waals surface area contributed by atoms with Gasteiger partial charge in [-0.2, -0.15) is 4.98 Å². The first-order valence-corrected chi connectivity index (χ1v) is 4.57. The molecule has 0 saturated carbocycles. The number of nitrogens with zero attached hydrogens (tertiary/aromatic N) is 4. The summed E-state index contributed by atoms with van der Waals surface area (Å²) in [6.07, 6.45) is 1.70. The molecule has 78 valence electrons. The predicted molar refractivity (Wildman–Crippen MR) is 53.1 cm³/mol. The maximum atomic E-state index is 4.84. The lowest BCUT2D eigenvalue weighted by Crippen LogP contribution is -2.03. The topological polar surface area (TPSA) is 76.7 Å². The number of hydrogen-bond acceptors (Lipinski definition) is 6. The van der Waals surface area contributed by atoms with Gasteiger partial charge < -0.3 is 9.84 Å². The number of nitrogens with one attached hydrogen (secondary N) is 1. The summed E-state index contributed by atoms with van der Waals surface area (Å²) in [6, 6.07) is 1.79. The van der Waals surface area contributed by atoms with Crippen molar-refractivity contribution in [3.05, 3.63) is 29.8 Å². The molecule has 0 atom stereocenters. The zero-order chi connectivity index (χ0) is 10.7. The van der Waals surface area contributed by atoms with Crippen LogP contribution in [0.25, 0.3) is 0 Å². The Morgan fingerprint density at radius 3 is 2.87 bits per heavy atom. The van der Waals surface area contributed by atoms with Crippen molar-refractivity contribution in [1.29, 1.82) is 0 Å². The van der Waals surface area contributed by atoms with E-state index in [9.17, 15) is 0 Å². The Hall–Kier alpha value is -1.98. The molecule has 0 unspecified atom stereocenters. The first-order valence-electron chi connectivity index (χ1n) is 4.57. The van der Waals surface area contributed by atoms with E-state index < -0.39 is 0 Å². The van der Waals surface area contributed by atoms with Crippen molar-refractivity contribution in [2.75, 3.05) is 5.32 Å². The Morgan fingerprint density at radius 1 is 1.33 bits per heavy atom. The summed E-state index contributed by atoms with van der Waals surface area (Å²) >= 11 is 0. The predicted octanol–water partition coefficient (Wildman–Crippen LogP) is 1.09. The number of anilines is 1. The molecule has 0 fully saturated rings. The van der Waals surface area contributed by atoms with E-state index in [2.05, 4.69) is 25.4 Å². The Morgan fingerprint density at radius 2 is 2.20 bits per heavy atom. The van der Waals surface area contributed by atoms with E-state index in [1.807, 2.05) is 6.92 Å². The van der Waals surface area contributed by atoms with Crippen LogP contribution in [-0.2, 0) is 6.54 Å². The van der Waals surface area contributed by atoms with Gasteiger partial charge in [0.05, 0.1) is 6.54 Å². The number of hydrogen-bond donors (Lipinski definition) is 1. The summed E-state index contributed by atoms with van der Waals surface area (Å²) in [7, 11) is 0. The molecule has 15 heavy (non-hydrogen) atoms. The van der Waals surface area contributed by atoms with Crippen molar-refractivity contribution in [2.45, 2.75) is 20.4 Å². The fourth-order valence-electron chi connectivity index (χ4n) is 1.14. The fraction of sp³-hybridized carbons (Fsp3) is 0.333. The van der Waals surface area contributed by atoms with Crippen LogP contribution in [0, 0.1) is 13.8 Å². The molecule has 2 aromatic heterocycles. The molecular weight excluding hydrogens is 194 g/mol. The summed E-state index contributed by atoms with van der Waals surface area (Å²) in [5, 5.41) is 6.84. The Kier molecular flexibility index (Phi) is 2.57. The molecule has 0 aliphatic heterocycles. The maximum absolute atomic E-state index is 4.84. The van der Waals surface area contributed by atoms with Crippen LogP contribution < -0.4 is 5.32 Å². The van der Waals surface area contributed by atoms with E-state index in [0.29, 0.717) is 18.3 Å². The second-order valence-electron chi connectivity index (χ2n) is 3.07. The maximum Gasteiger partial charge on any atom is 0.223 e. The zero-order valence-corrected chi connectivity index (χ0v) is 8.56. The minimum Gasteiger partial charge on any atom is -0.363 e. The molecule has 0 amide bonds. The van der Waals surface area contributed by atoms with Crippen LogP contribution in [0.4, 0.5) is 5.82 Å². The van der Waals surface area contributed by atoms with Gasteiger partial charge in [0.1, 0.15) is 11.6 Å². The molecule has 0 spiro atoms. The second kappa shape index (κ2) is 4.04. The monoisotopic (exact) mass is 205 g/mol. The smallest absolute Gasteiger partial charge is 0.223 e. The Balaban J connectivity index is 1.99. The van der Waals surface area contributed by atoms with Gasteiger partial charge in [0.2, 0.25) is 5.89 Å². The van der Waals surface area contributed by atoms with Crippen LogP contribution in [0.5, 0.6) is 0 Å². The van der Waals surface area contributed by atoms with Gasteiger partial charge in [-0.05, 0) is 13.0 Å². The fourth-order valence-corrected chi connectivity index (χ4v) is 1.14. The first kappa shape index (κ1) is 9.57. The summed E-state index contributed by atoms with van der Waals surface area (Å²) in [5.74, 6) is 2.66. The Labute approximate surface area is 86.8 Å². The molecule has 0 aliphatic rings. The van der Waals surface area contributed by atoms with Gasteiger partial charge in [-0.3, -0.25) is 0 Å². The van der Waals surface area contributed by atoms with E-state index in [0.717, 1.165) is 11.6 Å². The van der Waals surface area contributed by atoms with Crippen molar-refractivity contribution in [2.24, 2.45) is 0 Å². The third-order valence-corrected chi connectivity index (χ3v) is 1.77. The highest BCUT2D eigenvalue weighted by molar-refractivity contribution is 5.32. The third kappa shape index (κ3) is 2.49. The zero-order valence-electron chi connectivity index (χ0n) is 8.56. The molecular formula is C9H11N5O. The van der Waals surface area contributed by atoms with Crippen LogP contribution in [0.3, 0.4) is 0 Å². The molecule has 0 aliphatic carbocycles. The summed E-state index contributed by atoms with van der Waals surface area (Å²) < 4.78 is 4.84. The third-order valence-electron chi connectivity index (χ3n) is 1.77. The van der Waals surface area contributed by atoms with Gasteiger partial charge in [0.25, 0.3) is 0 Å². The number of aromatic nitrogens is 4. The molecule has 0 saturated heterocycles. The molecule has 1 N–H and O–H groups in total. The molecule has 6 nitrogen and oxygen atoms in total. The van der Waals surface area contributed by atoms with Gasteiger partial charge in [-0.15, -0.1) is 0 Å². The van der Waals surface area contributed by atoms with Gasteiger partial charge in [-0.25, -0.2) is 9.97 Å². The molecule has 2 rings (SSSR count). The van der Waals surface area contributed by atoms with E-state index in [4.69, 9.17) is 4.52 Å². The van der Waals surface area contributed by atoms with Crippen LogP contribution in [0.15, 0.2) is 16.8 Å². The average molecular weight is 205 g/mol. The summed E-state index contributed by atoms with van der Waals surface area (Å²) in [4.78, 5) is 12.2. The molecule has 0 radical (unpaired) electrons. The largest absolute Gasteiger partial charge is 0.363 e. The minimum absolute atomic E-state index is 0.494. The van der Waals surface area contributed by atoms with Gasteiger partial charge >= 0.3 is 0 Å². The van der Waals surface area contributed by atoms with Crippen LogP contribution in [0.1, 0.15) is 17.5 Å². The number of rotatable bonds is 3. The standard InChI is InChI=1S/C9H11N5O/c1-6-10-4-3-8(12-6)11-5-9-13-7(2)15-14-9/h3-4H,5H2,1-2H3,(H,10,11,12). The minimum atomic E-state index is 0.494. The van der Waals surface area contributed by atoms with Crippen molar-refractivity contribution in [3.8, 4) is 0 Å². The van der Waals surface area contributed by atoms with Crippen molar-refractivity contribution >= 4 is 5.82 Å². The van der Waals surface area contributed by atoms with Crippen LogP contribution >= 0.6 is 0 Å². The van der Waals surface area contributed by atoms with Gasteiger partial charge in [0.15, 0.2) is 5.82 Å². The van der Waals surface area contributed by atoms with Crippen LogP contribution in [-0.4, -0.2) is 20.1 Å².